The summed E-state index contributed by atoms with van der Waals surface area (Å²) in [5, 5.41) is 1.61. The normalized spacial score (nSPS) is 13.3. The smallest absolute Gasteiger partial charge is 0.137 e. The number of aromatic nitrogens is 2. The van der Waals surface area contributed by atoms with Gasteiger partial charge in [0.05, 0.1) is 5.03 Å². The van der Waals surface area contributed by atoms with Gasteiger partial charge in [0.25, 0.3) is 0 Å². The Kier molecular flexibility index (Phi) is 2.99. The number of halogens is 1. The van der Waals surface area contributed by atoms with Gasteiger partial charge in [0.1, 0.15) is 5.65 Å². The highest BCUT2D eigenvalue weighted by molar-refractivity contribution is 7.99. The van der Waals surface area contributed by atoms with Crippen molar-refractivity contribution in [3.63, 3.8) is 0 Å². The minimum atomic E-state index is 0.421. The number of thioether (sulfide) groups is 1. The van der Waals surface area contributed by atoms with Crippen molar-refractivity contribution >= 4 is 29.0 Å². The summed E-state index contributed by atoms with van der Waals surface area (Å²) in [6.07, 6.45) is 3.78. The number of pyridine rings is 1. The fourth-order valence-electron chi connectivity index (χ4n) is 1.26. The average Bonchev–Trinajstić information content (AvgIpc) is 2.66. The summed E-state index contributed by atoms with van der Waals surface area (Å²) in [7, 11) is 0. The molecule has 2 aromatic heterocycles. The van der Waals surface area contributed by atoms with Gasteiger partial charge in [0.15, 0.2) is 0 Å². The van der Waals surface area contributed by atoms with E-state index in [9.17, 15) is 0 Å². The number of hydrogen-bond acceptors (Lipinski definition) is 2. The molecule has 4 heteroatoms. The van der Waals surface area contributed by atoms with Crippen LogP contribution in [-0.4, -0.2) is 20.5 Å². The predicted molar refractivity (Wildman–Crippen MR) is 61.2 cm³/mol. The van der Waals surface area contributed by atoms with Crippen LogP contribution in [0.25, 0.3) is 5.65 Å². The Hall–Kier alpha value is -0.670. The van der Waals surface area contributed by atoms with Crippen LogP contribution in [0, 0.1) is 0 Å². The molecular formula is C10H11ClN2S. The summed E-state index contributed by atoms with van der Waals surface area (Å²) in [6, 6.07) is 6.10. The van der Waals surface area contributed by atoms with E-state index < -0.39 is 0 Å². The third-order valence-electron chi connectivity index (χ3n) is 1.93. The molecule has 0 aliphatic heterocycles. The van der Waals surface area contributed by atoms with E-state index in [-0.39, 0.29) is 0 Å². The maximum atomic E-state index is 5.78. The number of imidazole rings is 1. The van der Waals surface area contributed by atoms with Gasteiger partial charge in [-0.05, 0) is 12.1 Å². The Labute approximate surface area is 92.3 Å². The summed E-state index contributed by atoms with van der Waals surface area (Å²) >= 11 is 7.55. The standard InChI is InChI=1S/C10H11ClN2S/c1-8(7-11)14-10-4-2-3-9-12-5-6-13(9)10/h2-6,8H,7H2,1H3. The molecule has 0 amide bonds. The number of rotatable bonds is 3. The molecule has 1 unspecified atom stereocenters. The van der Waals surface area contributed by atoms with E-state index in [1.807, 2.05) is 24.5 Å². The third kappa shape index (κ3) is 1.88. The summed E-state index contributed by atoms with van der Waals surface area (Å²) in [5.41, 5.74) is 0.983. The maximum Gasteiger partial charge on any atom is 0.137 e. The second kappa shape index (κ2) is 4.24. The van der Waals surface area contributed by atoms with Crippen LogP contribution in [-0.2, 0) is 0 Å². The molecular weight excluding hydrogens is 216 g/mol. The Morgan fingerprint density at radius 1 is 1.57 bits per heavy atom. The molecule has 0 saturated carbocycles. The lowest BCUT2D eigenvalue weighted by Gasteiger charge is -2.08. The first-order valence-corrected chi connectivity index (χ1v) is 5.87. The minimum Gasteiger partial charge on any atom is -0.294 e. The second-order valence-corrected chi connectivity index (χ2v) is 4.87. The van der Waals surface area contributed by atoms with E-state index in [2.05, 4.69) is 22.4 Å². The van der Waals surface area contributed by atoms with Crippen molar-refractivity contribution in [3.8, 4) is 0 Å². The number of alkyl halides is 1. The number of nitrogens with zero attached hydrogens (tertiary/aromatic N) is 2. The van der Waals surface area contributed by atoms with Gasteiger partial charge in [0.2, 0.25) is 0 Å². The van der Waals surface area contributed by atoms with Crippen molar-refractivity contribution in [1.82, 2.24) is 9.38 Å². The summed E-state index contributed by atoms with van der Waals surface area (Å²) in [6.45, 7) is 2.12. The summed E-state index contributed by atoms with van der Waals surface area (Å²) in [5.74, 6) is 0.662. The van der Waals surface area contributed by atoms with Crippen LogP contribution in [0.3, 0.4) is 0 Å². The van der Waals surface area contributed by atoms with Crippen LogP contribution >= 0.6 is 23.4 Å². The van der Waals surface area contributed by atoms with Crippen molar-refractivity contribution in [3.05, 3.63) is 30.6 Å². The summed E-state index contributed by atoms with van der Waals surface area (Å²) in [4.78, 5) is 4.23. The van der Waals surface area contributed by atoms with Crippen molar-refractivity contribution in [2.75, 3.05) is 5.88 Å². The number of hydrogen-bond donors (Lipinski definition) is 0. The van der Waals surface area contributed by atoms with Crippen molar-refractivity contribution in [2.45, 2.75) is 17.2 Å². The SMILES string of the molecule is CC(CCl)Sc1cccc2nccn12. The van der Waals surface area contributed by atoms with Crippen molar-refractivity contribution in [1.29, 1.82) is 0 Å². The maximum absolute atomic E-state index is 5.78. The molecule has 0 spiro atoms. The van der Waals surface area contributed by atoms with Gasteiger partial charge < -0.3 is 0 Å². The van der Waals surface area contributed by atoms with Gasteiger partial charge in [-0.25, -0.2) is 4.98 Å². The quantitative estimate of drug-likeness (QED) is 0.591. The topological polar surface area (TPSA) is 17.3 Å². The van der Waals surface area contributed by atoms with Crippen molar-refractivity contribution < 1.29 is 0 Å². The van der Waals surface area contributed by atoms with Crippen LogP contribution < -0.4 is 0 Å². The third-order valence-corrected chi connectivity index (χ3v) is 3.72. The molecule has 0 aliphatic carbocycles. The fraction of sp³-hybridized carbons (Fsp3) is 0.300. The Balaban J connectivity index is 2.36. The van der Waals surface area contributed by atoms with E-state index in [0.717, 1.165) is 5.65 Å². The highest BCUT2D eigenvalue weighted by Gasteiger charge is 2.05. The molecule has 1 atom stereocenters. The molecule has 0 aliphatic rings. The highest BCUT2D eigenvalue weighted by Crippen LogP contribution is 2.24. The molecule has 0 saturated heterocycles. The largest absolute Gasteiger partial charge is 0.294 e. The molecule has 2 aromatic rings. The zero-order valence-electron chi connectivity index (χ0n) is 7.85. The first-order chi connectivity index (χ1) is 6.81. The average molecular weight is 227 g/mol. The molecule has 0 aromatic carbocycles. The van der Waals surface area contributed by atoms with E-state index >= 15 is 0 Å². The van der Waals surface area contributed by atoms with Crippen LogP contribution in [0.4, 0.5) is 0 Å². The highest BCUT2D eigenvalue weighted by atomic mass is 35.5. The van der Waals surface area contributed by atoms with E-state index in [1.165, 1.54) is 5.03 Å². The van der Waals surface area contributed by atoms with E-state index in [0.29, 0.717) is 11.1 Å². The molecule has 0 N–H and O–H groups in total. The van der Waals surface area contributed by atoms with E-state index in [4.69, 9.17) is 11.6 Å². The lowest BCUT2D eigenvalue weighted by Crippen LogP contribution is -1.99. The first-order valence-electron chi connectivity index (χ1n) is 4.46. The van der Waals surface area contributed by atoms with Crippen molar-refractivity contribution in [2.24, 2.45) is 0 Å². The zero-order chi connectivity index (χ0) is 9.97. The lowest BCUT2D eigenvalue weighted by molar-refractivity contribution is 1.01. The van der Waals surface area contributed by atoms with Gasteiger partial charge in [-0.3, -0.25) is 4.40 Å². The lowest BCUT2D eigenvalue weighted by atomic mass is 10.5. The molecule has 14 heavy (non-hydrogen) atoms. The van der Waals surface area contributed by atoms with Gasteiger partial charge in [-0.2, -0.15) is 0 Å². The number of fused-ring (bicyclic) bond motifs is 1. The molecule has 0 radical (unpaired) electrons. The van der Waals surface area contributed by atoms with Gasteiger partial charge in [0, 0.05) is 23.5 Å². The van der Waals surface area contributed by atoms with Crippen LogP contribution in [0.5, 0.6) is 0 Å². The molecule has 0 fully saturated rings. The molecule has 2 heterocycles. The minimum absolute atomic E-state index is 0.421. The second-order valence-electron chi connectivity index (χ2n) is 3.10. The first kappa shape index (κ1) is 9.87. The van der Waals surface area contributed by atoms with Gasteiger partial charge in [-0.15, -0.1) is 23.4 Å². The zero-order valence-corrected chi connectivity index (χ0v) is 9.42. The Morgan fingerprint density at radius 2 is 2.43 bits per heavy atom. The molecule has 0 bridgehead atoms. The Bertz CT molecular complexity index is 427. The van der Waals surface area contributed by atoms with Crippen LogP contribution in [0.2, 0.25) is 0 Å². The fourth-order valence-corrected chi connectivity index (χ4v) is 2.34. The Morgan fingerprint density at radius 3 is 3.21 bits per heavy atom. The van der Waals surface area contributed by atoms with Crippen LogP contribution in [0.1, 0.15) is 6.92 Å². The molecule has 2 rings (SSSR count). The summed E-state index contributed by atoms with van der Waals surface area (Å²) < 4.78 is 2.08. The van der Waals surface area contributed by atoms with Crippen LogP contribution in [0.15, 0.2) is 35.6 Å². The van der Waals surface area contributed by atoms with E-state index in [1.54, 1.807) is 11.8 Å². The molecule has 2 nitrogen and oxygen atoms in total. The van der Waals surface area contributed by atoms with Gasteiger partial charge in [-0.1, -0.05) is 13.0 Å². The van der Waals surface area contributed by atoms with Gasteiger partial charge >= 0.3 is 0 Å². The monoisotopic (exact) mass is 226 g/mol. The molecule has 74 valence electrons. The predicted octanol–water partition coefficient (Wildman–Crippen LogP) is 3.05.